The fourth-order valence-electron chi connectivity index (χ4n) is 6.87. The van der Waals surface area contributed by atoms with Gasteiger partial charge in [0.2, 0.25) is 0 Å². The summed E-state index contributed by atoms with van der Waals surface area (Å²) in [5.41, 5.74) is 2.18. The molecular weight excluding hydrogens is 680 g/mol. The largest absolute Gasteiger partial charge is 0.393 e. The number of halogens is 3. The smallest absolute Gasteiger partial charge is 0.374 e. The van der Waals surface area contributed by atoms with Crippen LogP contribution in [0.4, 0.5) is 19.0 Å². The Labute approximate surface area is 287 Å². The maximum atomic E-state index is 13.0. The predicted octanol–water partition coefficient (Wildman–Crippen LogP) is 3.80. The van der Waals surface area contributed by atoms with Gasteiger partial charge in [-0.1, -0.05) is 6.07 Å². The molecule has 2 fully saturated rings. The van der Waals surface area contributed by atoms with Gasteiger partial charge in [0.05, 0.1) is 18.4 Å². The van der Waals surface area contributed by atoms with Gasteiger partial charge < -0.3 is 15.0 Å². The quantitative estimate of drug-likeness (QED) is 0.223. The first kappa shape index (κ1) is 35.5. The number of aryl methyl sites for hydroxylation is 1. The number of nitriles is 1. The van der Waals surface area contributed by atoms with Crippen LogP contribution in [0.5, 0.6) is 0 Å². The number of benzene rings is 1. The van der Waals surface area contributed by atoms with Crippen LogP contribution >= 0.6 is 11.3 Å². The van der Waals surface area contributed by atoms with Crippen molar-refractivity contribution in [2.75, 3.05) is 51.6 Å². The van der Waals surface area contributed by atoms with Crippen molar-refractivity contribution in [1.29, 1.82) is 5.26 Å². The third kappa shape index (κ3) is 7.70. The number of fused-ring (bicyclic) bond motifs is 2. The molecule has 0 saturated carbocycles. The van der Waals surface area contributed by atoms with Crippen molar-refractivity contribution in [2.45, 2.75) is 64.1 Å². The molecule has 0 aliphatic carbocycles. The molecule has 2 aliphatic rings. The van der Waals surface area contributed by atoms with E-state index in [1.807, 2.05) is 28.5 Å². The summed E-state index contributed by atoms with van der Waals surface area (Å²) in [6.45, 7) is 7.45. The summed E-state index contributed by atoms with van der Waals surface area (Å²) in [4.78, 5) is 13.5. The number of aromatic nitrogens is 3. The molecule has 17 heteroatoms. The molecule has 2 saturated heterocycles. The topological polar surface area (TPSA) is 143 Å². The Morgan fingerprint density at radius 1 is 1.08 bits per heavy atom. The van der Waals surface area contributed by atoms with E-state index in [2.05, 4.69) is 37.0 Å². The van der Waals surface area contributed by atoms with E-state index < -0.39 is 28.5 Å². The summed E-state index contributed by atoms with van der Waals surface area (Å²) in [7, 11) is -2.16. The fraction of sp³-hybridized carbons (Fsp3) is 0.531. The second kappa shape index (κ2) is 13.7. The number of likely N-dealkylation sites (tertiary alicyclic amines) is 1. The third-order valence-corrected chi connectivity index (χ3v) is 12.2. The van der Waals surface area contributed by atoms with Crippen LogP contribution in [-0.2, 0) is 29.7 Å². The van der Waals surface area contributed by atoms with Crippen molar-refractivity contribution >= 4 is 48.5 Å². The zero-order chi connectivity index (χ0) is 35.1. The van der Waals surface area contributed by atoms with Crippen molar-refractivity contribution < 1.29 is 26.7 Å². The number of nitrogens with zero attached hydrogens (tertiary/aromatic N) is 7. The minimum atomic E-state index is -4.28. The van der Waals surface area contributed by atoms with Crippen LogP contribution in [0.15, 0.2) is 30.6 Å². The molecule has 264 valence electrons. The number of piperidine rings is 1. The molecule has 3 N–H and O–H groups in total. The number of hydrogen-bond acceptors (Lipinski definition) is 10. The summed E-state index contributed by atoms with van der Waals surface area (Å²) in [5.74, 6) is 0.565. The van der Waals surface area contributed by atoms with E-state index in [9.17, 15) is 32.0 Å². The molecule has 1 aromatic carbocycles. The minimum absolute atomic E-state index is 0.125. The van der Waals surface area contributed by atoms with E-state index in [0.29, 0.717) is 34.8 Å². The standard InChI is InChI=1S/C32H40F3N9O3S2/c1-21-22(18-41-8-6-23(7-9-41)40-29-27-15-25(16-32(33,34)35)48-30(27)39-20-38-29)4-5-28-26(21)14-24(17-36)44(28)19-31(2,45)42-10-12-43(13-11-42)49(46,47)37-3/h4-5,14-15,20,23,37,45H,6-13,16,18-19H2,1-3H3,(H,38,39,40)/t31-/m0/s1. The normalized spacial score (nSPS) is 19.0. The van der Waals surface area contributed by atoms with Gasteiger partial charge in [-0.05, 0) is 56.0 Å². The van der Waals surface area contributed by atoms with E-state index in [-0.39, 0.29) is 30.6 Å². The monoisotopic (exact) mass is 719 g/mol. The Kier molecular flexibility index (Phi) is 9.94. The van der Waals surface area contributed by atoms with Crippen molar-refractivity contribution in [2.24, 2.45) is 0 Å². The van der Waals surface area contributed by atoms with Gasteiger partial charge in [0.25, 0.3) is 10.2 Å². The lowest BCUT2D eigenvalue weighted by molar-refractivity contribution is -0.126. The highest BCUT2D eigenvalue weighted by Gasteiger charge is 2.36. The molecule has 0 amide bonds. The maximum absolute atomic E-state index is 13.0. The van der Waals surface area contributed by atoms with E-state index in [4.69, 9.17) is 0 Å². The Morgan fingerprint density at radius 2 is 1.80 bits per heavy atom. The van der Waals surface area contributed by atoms with Gasteiger partial charge in [-0.2, -0.15) is 31.2 Å². The van der Waals surface area contributed by atoms with Gasteiger partial charge in [-0.3, -0.25) is 9.80 Å². The van der Waals surface area contributed by atoms with E-state index in [1.54, 1.807) is 6.92 Å². The molecular formula is C32H40F3N9O3S2. The molecule has 0 radical (unpaired) electrons. The molecule has 2 aliphatic heterocycles. The third-order valence-electron chi connectivity index (χ3n) is 9.63. The molecule has 0 unspecified atom stereocenters. The maximum Gasteiger partial charge on any atom is 0.393 e. The molecule has 1 atom stereocenters. The summed E-state index contributed by atoms with van der Waals surface area (Å²) >= 11 is 1.04. The number of aliphatic hydroxyl groups is 1. The van der Waals surface area contributed by atoms with Crippen LogP contribution in [0.1, 0.15) is 41.5 Å². The highest BCUT2D eigenvalue weighted by Crippen LogP contribution is 2.34. The second-order valence-corrected chi connectivity index (χ2v) is 16.0. The van der Waals surface area contributed by atoms with Gasteiger partial charge in [0.15, 0.2) is 0 Å². The summed E-state index contributed by atoms with van der Waals surface area (Å²) in [5, 5.41) is 26.6. The first-order valence-corrected chi connectivity index (χ1v) is 18.4. The number of hydrogen-bond donors (Lipinski definition) is 3. The van der Waals surface area contributed by atoms with Gasteiger partial charge in [-0.15, -0.1) is 11.3 Å². The van der Waals surface area contributed by atoms with Crippen LogP contribution in [0.2, 0.25) is 0 Å². The molecule has 0 spiro atoms. The van der Waals surface area contributed by atoms with Crippen molar-refractivity contribution in [3.8, 4) is 6.07 Å². The highest BCUT2D eigenvalue weighted by atomic mass is 32.2. The Morgan fingerprint density at radius 3 is 2.45 bits per heavy atom. The molecule has 4 aromatic rings. The zero-order valence-electron chi connectivity index (χ0n) is 27.6. The van der Waals surface area contributed by atoms with Gasteiger partial charge in [-0.25, -0.2) is 14.7 Å². The summed E-state index contributed by atoms with van der Waals surface area (Å²) in [6, 6.07) is 9.88. The fourth-order valence-corrected chi connectivity index (χ4v) is 8.80. The van der Waals surface area contributed by atoms with Crippen LogP contribution in [-0.4, -0.2) is 106 Å². The molecule has 12 nitrogen and oxygen atoms in total. The number of thiophene rings is 1. The highest BCUT2D eigenvalue weighted by molar-refractivity contribution is 7.87. The lowest BCUT2D eigenvalue weighted by Crippen LogP contribution is -2.59. The first-order valence-electron chi connectivity index (χ1n) is 16.1. The van der Waals surface area contributed by atoms with Crippen molar-refractivity contribution in [1.82, 2.24) is 33.4 Å². The number of rotatable bonds is 10. The van der Waals surface area contributed by atoms with Crippen LogP contribution in [0.25, 0.3) is 21.1 Å². The predicted molar refractivity (Wildman–Crippen MR) is 182 cm³/mol. The Hall–Kier alpha value is -3.37. The number of piperazine rings is 1. The van der Waals surface area contributed by atoms with Crippen LogP contribution in [0.3, 0.4) is 0 Å². The lowest BCUT2D eigenvalue weighted by Gasteiger charge is -2.42. The summed E-state index contributed by atoms with van der Waals surface area (Å²) in [6.07, 6.45) is -2.19. The second-order valence-electron chi connectivity index (χ2n) is 13.0. The first-order chi connectivity index (χ1) is 23.2. The van der Waals surface area contributed by atoms with Gasteiger partial charge >= 0.3 is 6.18 Å². The van der Waals surface area contributed by atoms with E-state index in [1.165, 1.54) is 23.7 Å². The number of anilines is 1. The zero-order valence-corrected chi connectivity index (χ0v) is 29.2. The van der Waals surface area contributed by atoms with Gasteiger partial charge in [0.1, 0.15) is 34.5 Å². The lowest BCUT2D eigenvalue weighted by atomic mass is 10.0. The van der Waals surface area contributed by atoms with E-state index in [0.717, 1.165) is 65.8 Å². The van der Waals surface area contributed by atoms with E-state index >= 15 is 0 Å². The molecule has 49 heavy (non-hydrogen) atoms. The molecule has 6 rings (SSSR count). The number of nitrogens with one attached hydrogen (secondary N) is 2. The number of alkyl halides is 3. The minimum Gasteiger partial charge on any atom is -0.374 e. The van der Waals surface area contributed by atoms with Crippen LogP contribution < -0.4 is 10.0 Å². The molecule has 0 bridgehead atoms. The van der Waals surface area contributed by atoms with Crippen LogP contribution in [0, 0.1) is 18.3 Å². The Balaban J connectivity index is 1.10. The van der Waals surface area contributed by atoms with Crippen molar-refractivity contribution in [3.05, 3.63) is 52.3 Å². The Bertz CT molecular complexity index is 1970. The molecule has 3 aromatic heterocycles. The van der Waals surface area contributed by atoms with Gasteiger partial charge in [0, 0.05) is 74.7 Å². The summed E-state index contributed by atoms with van der Waals surface area (Å²) < 4.78 is 68.8. The van der Waals surface area contributed by atoms with Crippen molar-refractivity contribution in [3.63, 3.8) is 0 Å². The molecule has 5 heterocycles. The SMILES string of the molecule is CNS(=O)(=O)N1CCN([C@@](C)(O)Cn2c(C#N)cc3c(C)c(CN4CCC(Nc5ncnc6sc(CC(F)(F)F)cc56)CC4)ccc32)CC1. The average molecular weight is 720 g/mol. The average Bonchev–Trinajstić information content (AvgIpc) is 3.63.